The first-order valence-corrected chi connectivity index (χ1v) is 8.03. The second kappa shape index (κ2) is 7.40. The molecule has 0 aromatic heterocycles. The molecule has 134 valence electrons. The first-order chi connectivity index (χ1) is 10.8. The Hall–Kier alpha value is -1.79. The summed E-state index contributed by atoms with van der Waals surface area (Å²) in [5.74, 6) is 5.75. The summed E-state index contributed by atoms with van der Waals surface area (Å²) in [4.78, 5) is 24.0. The van der Waals surface area contributed by atoms with Gasteiger partial charge in [0, 0.05) is 12.0 Å². The van der Waals surface area contributed by atoms with Gasteiger partial charge in [-0.25, -0.2) is 15.6 Å². The summed E-state index contributed by atoms with van der Waals surface area (Å²) in [6.45, 7) is 11.1. The molecule has 7 heteroatoms. The molecule has 0 saturated heterocycles. The number of amides is 2. The minimum atomic E-state index is -0.708. The summed E-state index contributed by atoms with van der Waals surface area (Å²) in [7, 11) is 0. The number of benzene rings is 1. The van der Waals surface area contributed by atoms with E-state index in [1.807, 2.05) is 20.8 Å². The van der Waals surface area contributed by atoms with Gasteiger partial charge in [0.15, 0.2) is 0 Å². The summed E-state index contributed by atoms with van der Waals surface area (Å²) >= 11 is 6.12. The van der Waals surface area contributed by atoms with Crippen molar-refractivity contribution in [2.75, 3.05) is 5.01 Å². The highest BCUT2D eigenvalue weighted by Gasteiger charge is 2.23. The van der Waals surface area contributed by atoms with Gasteiger partial charge in [0.25, 0.3) is 0 Å². The van der Waals surface area contributed by atoms with Crippen LogP contribution in [-0.4, -0.2) is 17.6 Å². The molecule has 0 saturated carbocycles. The molecule has 0 atom stereocenters. The lowest BCUT2D eigenvalue weighted by Crippen LogP contribution is -2.42. The van der Waals surface area contributed by atoms with E-state index in [0.717, 1.165) is 10.6 Å². The fraction of sp³-hybridized carbons (Fsp3) is 0.529. The van der Waals surface area contributed by atoms with Crippen molar-refractivity contribution >= 4 is 29.3 Å². The predicted octanol–water partition coefficient (Wildman–Crippen LogP) is 3.62. The molecule has 0 aliphatic rings. The maximum atomic E-state index is 12.1. The second-order valence-corrected chi connectivity index (χ2v) is 7.98. The summed E-state index contributed by atoms with van der Waals surface area (Å²) in [6, 6.07) is 5.03. The van der Waals surface area contributed by atoms with Crippen LogP contribution in [0.5, 0.6) is 0 Å². The lowest BCUT2D eigenvalue weighted by molar-refractivity contribution is -0.128. The van der Waals surface area contributed by atoms with Crippen molar-refractivity contribution < 1.29 is 14.3 Å². The molecular weight excluding hydrogens is 330 g/mol. The zero-order valence-electron chi connectivity index (χ0n) is 15.1. The van der Waals surface area contributed by atoms with E-state index < -0.39 is 17.1 Å². The highest BCUT2D eigenvalue weighted by Crippen LogP contribution is 2.26. The van der Waals surface area contributed by atoms with Gasteiger partial charge < -0.3 is 10.1 Å². The molecule has 3 N–H and O–H groups in total. The van der Waals surface area contributed by atoms with Crippen LogP contribution < -0.4 is 16.2 Å². The summed E-state index contributed by atoms with van der Waals surface area (Å²) < 4.78 is 5.23. The minimum Gasteiger partial charge on any atom is -0.442 e. The van der Waals surface area contributed by atoms with Crippen LogP contribution in [0.1, 0.15) is 47.1 Å². The van der Waals surface area contributed by atoms with E-state index >= 15 is 0 Å². The van der Waals surface area contributed by atoms with Crippen molar-refractivity contribution in [3.05, 3.63) is 28.8 Å². The van der Waals surface area contributed by atoms with Gasteiger partial charge in [0.1, 0.15) is 5.60 Å². The Labute approximate surface area is 148 Å². The van der Waals surface area contributed by atoms with Crippen molar-refractivity contribution in [1.82, 2.24) is 5.32 Å². The third kappa shape index (κ3) is 6.02. The van der Waals surface area contributed by atoms with Crippen LogP contribution >= 0.6 is 11.6 Å². The summed E-state index contributed by atoms with van der Waals surface area (Å²) in [6.07, 6.45) is -0.708. The van der Waals surface area contributed by atoms with E-state index in [1.165, 1.54) is 0 Å². The van der Waals surface area contributed by atoms with Gasteiger partial charge in [-0.1, -0.05) is 38.4 Å². The van der Waals surface area contributed by atoms with Crippen LogP contribution in [0, 0.1) is 5.41 Å². The Morgan fingerprint density at radius 1 is 1.21 bits per heavy atom. The third-order valence-corrected chi connectivity index (χ3v) is 3.31. The molecule has 1 aromatic rings. The van der Waals surface area contributed by atoms with Crippen LogP contribution in [0.4, 0.5) is 10.5 Å². The number of ether oxygens (including phenoxy) is 1. The first kappa shape index (κ1) is 20.3. The maximum Gasteiger partial charge on any atom is 0.429 e. The Morgan fingerprint density at radius 3 is 2.29 bits per heavy atom. The molecule has 0 unspecified atom stereocenters. The zero-order chi connectivity index (χ0) is 18.7. The molecule has 0 bridgehead atoms. The average Bonchev–Trinajstić information content (AvgIpc) is 2.42. The smallest absolute Gasteiger partial charge is 0.429 e. The minimum absolute atomic E-state index is 0.0734. The highest BCUT2D eigenvalue weighted by molar-refractivity contribution is 6.33. The molecule has 0 heterocycles. The molecule has 0 radical (unpaired) electrons. The molecule has 0 aliphatic heterocycles. The molecule has 24 heavy (non-hydrogen) atoms. The predicted molar refractivity (Wildman–Crippen MR) is 95.7 cm³/mol. The lowest BCUT2D eigenvalue weighted by Gasteiger charge is -2.25. The number of hydrogen-bond donors (Lipinski definition) is 2. The standard InChI is InChI=1S/C17H26ClN3O3/c1-16(2,3)14(22)20-10-11-7-8-12(18)13(9-11)21(19)15(23)24-17(4,5)6/h7-9H,10,19H2,1-6H3,(H,20,22). The van der Waals surface area contributed by atoms with E-state index in [9.17, 15) is 9.59 Å². The molecule has 1 aromatic carbocycles. The van der Waals surface area contributed by atoms with Crippen LogP contribution in [0.25, 0.3) is 0 Å². The lowest BCUT2D eigenvalue weighted by atomic mass is 9.95. The number of anilines is 1. The highest BCUT2D eigenvalue weighted by atomic mass is 35.5. The van der Waals surface area contributed by atoms with E-state index in [4.69, 9.17) is 22.2 Å². The SMILES string of the molecule is CC(C)(C)OC(=O)N(N)c1cc(CNC(=O)C(C)(C)C)ccc1Cl. The Kier molecular flexibility index (Phi) is 6.25. The van der Waals surface area contributed by atoms with Gasteiger partial charge in [0.2, 0.25) is 5.91 Å². The fourth-order valence-corrected chi connectivity index (χ4v) is 1.92. The van der Waals surface area contributed by atoms with E-state index in [-0.39, 0.29) is 5.91 Å². The quantitative estimate of drug-likeness (QED) is 0.492. The number of halogens is 1. The number of nitrogens with two attached hydrogens (primary N) is 1. The molecular formula is C17H26ClN3O3. The van der Waals surface area contributed by atoms with Crippen molar-refractivity contribution in [1.29, 1.82) is 0 Å². The molecule has 0 aliphatic carbocycles. The van der Waals surface area contributed by atoms with Gasteiger partial charge in [-0.2, -0.15) is 0 Å². The third-order valence-electron chi connectivity index (χ3n) is 2.99. The van der Waals surface area contributed by atoms with Crippen LogP contribution in [-0.2, 0) is 16.1 Å². The number of nitrogens with zero attached hydrogens (tertiary/aromatic N) is 1. The van der Waals surface area contributed by atoms with E-state index in [0.29, 0.717) is 17.3 Å². The fourth-order valence-electron chi connectivity index (χ4n) is 1.71. The van der Waals surface area contributed by atoms with E-state index in [1.54, 1.807) is 39.0 Å². The monoisotopic (exact) mass is 355 g/mol. The Bertz CT molecular complexity index is 618. The van der Waals surface area contributed by atoms with Gasteiger partial charge in [-0.3, -0.25) is 4.79 Å². The van der Waals surface area contributed by atoms with Gasteiger partial charge in [-0.05, 0) is 38.5 Å². The zero-order valence-corrected chi connectivity index (χ0v) is 15.8. The molecule has 0 fully saturated rings. The Morgan fingerprint density at radius 2 is 1.79 bits per heavy atom. The number of carbonyl (C=O) groups excluding carboxylic acids is 2. The van der Waals surface area contributed by atoms with Crippen molar-refractivity contribution in [2.24, 2.45) is 11.3 Å². The maximum absolute atomic E-state index is 12.1. The van der Waals surface area contributed by atoms with Crippen molar-refractivity contribution in [3.63, 3.8) is 0 Å². The summed E-state index contributed by atoms with van der Waals surface area (Å²) in [5, 5.41) is 4.01. The number of nitrogens with one attached hydrogen (secondary N) is 1. The van der Waals surface area contributed by atoms with Crippen molar-refractivity contribution in [3.8, 4) is 0 Å². The van der Waals surface area contributed by atoms with Gasteiger partial charge >= 0.3 is 6.09 Å². The number of carbonyl (C=O) groups is 2. The summed E-state index contributed by atoms with van der Waals surface area (Å²) in [5.41, 5.74) is -0.0649. The number of hydrazine groups is 1. The van der Waals surface area contributed by atoms with Crippen LogP contribution in [0.3, 0.4) is 0 Å². The first-order valence-electron chi connectivity index (χ1n) is 7.66. The molecule has 1 rings (SSSR count). The average molecular weight is 356 g/mol. The topological polar surface area (TPSA) is 84.7 Å². The van der Waals surface area contributed by atoms with Crippen LogP contribution in [0.2, 0.25) is 5.02 Å². The van der Waals surface area contributed by atoms with Gasteiger partial charge in [-0.15, -0.1) is 0 Å². The molecule has 6 nitrogen and oxygen atoms in total. The number of hydrogen-bond acceptors (Lipinski definition) is 4. The normalized spacial score (nSPS) is 11.8. The molecule has 0 spiro atoms. The van der Waals surface area contributed by atoms with Crippen molar-refractivity contribution in [2.45, 2.75) is 53.7 Å². The second-order valence-electron chi connectivity index (χ2n) is 7.57. The van der Waals surface area contributed by atoms with E-state index in [2.05, 4.69) is 5.32 Å². The largest absolute Gasteiger partial charge is 0.442 e. The molecule has 2 amide bonds. The number of rotatable bonds is 3. The van der Waals surface area contributed by atoms with Crippen LogP contribution in [0.15, 0.2) is 18.2 Å². The van der Waals surface area contributed by atoms with Gasteiger partial charge in [0.05, 0.1) is 10.7 Å². The Balaban J connectivity index is 2.90.